The van der Waals surface area contributed by atoms with Crippen LogP contribution in [0.3, 0.4) is 0 Å². The average Bonchev–Trinajstić information content (AvgIpc) is 3.27. The maximum absolute atomic E-state index is 13.1. The van der Waals surface area contributed by atoms with Crippen molar-refractivity contribution in [2.24, 2.45) is 5.92 Å². The zero-order valence-electron chi connectivity index (χ0n) is 17.5. The Hall–Kier alpha value is -2.55. The smallest absolute Gasteiger partial charge is 0.289 e. The van der Waals surface area contributed by atoms with Crippen LogP contribution < -0.4 is 5.56 Å². The van der Waals surface area contributed by atoms with Gasteiger partial charge in [-0.05, 0) is 12.1 Å². The van der Waals surface area contributed by atoms with Crippen LogP contribution in [0.5, 0.6) is 0 Å². The number of thioether (sulfide) groups is 1. The lowest BCUT2D eigenvalue weighted by molar-refractivity contribution is -0.136. The van der Waals surface area contributed by atoms with E-state index in [0.29, 0.717) is 49.4 Å². The molecule has 2 aliphatic heterocycles. The van der Waals surface area contributed by atoms with Gasteiger partial charge in [-0.2, -0.15) is 0 Å². The summed E-state index contributed by atoms with van der Waals surface area (Å²) >= 11 is 1.46. The van der Waals surface area contributed by atoms with Gasteiger partial charge in [0.15, 0.2) is 10.9 Å². The second-order valence-corrected chi connectivity index (χ2v) is 9.71. The van der Waals surface area contributed by atoms with E-state index in [0.717, 1.165) is 5.69 Å². The first-order chi connectivity index (χ1) is 14.2. The SMILES string of the molecule is CC(C)(C)c1cc(=O)n2c(n1)SCC(C(=O)N1CCN(C(=O)c3ccco3)CC1)C2. The van der Waals surface area contributed by atoms with E-state index in [1.165, 1.54) is 18.0 Å². The number of carbonyl (C=O) groups is 2. The fourth-order valence-corrected chi connectivity index (χ4v) is 4.77. The van der Waals surface area contributed by atoms with Crippen molar-refractivity contribution in [1.29, 1.82) is 0 Å². The largest absolute Gasteiger partial charge is 0.459 e. The molecule has 2 aliphatic rings. The number of piperazine rings is 1. The molecular weight excluding hydrogens is 404 g/mol. The molecule has 2 aromatic heterocycles. The maximum atomic E-state index is 13.1. The maximum Gasteiger partial charge on any atom is 0.289 e. The van der Waals surface area contributed by atoms with Gasteiger partial charge in [0.1, 0.15) is 0 Å². The third-order valence-corrected chi connectivity index (χ3v) is 6.66. The van der Waals surface area contributed by atoms with E-state index in [2.05, 4.69) is 4.98 Å². The molecule has 30 heavy (non-hydrogen) atoms. The lowest BCUT2D eigenvalue weighted by Gasteiger charge is -2.37. The number of fused-ring (bicyclic) bond motifs is 1. The molecule has 0 saturated carbocycles. The molecule has 1 unspecified atom stereocenters. The summed E-state index contributed by atoms with van der Waals surface area (Å²) in [5.74, 6) is 0.530. The van der Waals surface area contributed by atoms with Gasteiger partial charge in [0.25, 0.3) is 11.5 Å². The van der Waals surface area contributed by atoms with Gasteiger partial charge < -0.3 is 14.2 Å². The number of aromatic nitrogens is 2. The summed E-state index contributed by atoms with van der Waals surface area (Å²) in [6, 6.07) is 4.91. The van der Waals surface area contributed by atoms with Crippen LogP contribution in [0.4, 0.5) is 0 Å². The van der Waals surface area contributed by atoms with Crippen LogP contribution in [0.15, 0.2) is 38.8 Å². The Bertz CT molecular complexity index is 1000. The second-order valence-electron chi connectivity index (χ2n) is 8.73. The highest BCUT2D eigenvalue weighted by molar-refractivity contribution is 7.99. The van der Waals surface area contributed by atoms with E-state index in [1.807, 2.05) is 20.8 Å². The van der Waals surface area contributed by atoms with E-state index >= 15 is 0 Å². The predicted molar refractivity (Wildman–Crippen MR) is 113 cm³/mol. The molecule has 8 nitrogen and oxygen atoms in total. The third kappa shape index (κ3) is 4.03. The van der Waals surface area contributed by atoms with E-state index < -0.39 is 0 Å². The zero-order chi connectivity index (χ0) is 21.5. The quantitative estimate of drug-likeness (QED) is 0.676. The topological polar surface area (TPSA) is 88.7 Å². The molecule has 1 fully saturated rings. The Kier molecular flexibility index (Phi) is 5.48. The van der Waals surface area contributed by atoms with Crippen LogP contribution in [-0.2, 0) is 16.8 Å². The normalized spacial score (nSPS) is 19.5. The standard InChI is InChI=1S/C21H26N4O4S/c1-21(2,3)16-11-17(26)25-12-14(13-30-20(25)22-16)18(27)23-6-8-24(9-7-23)19(28)15-5-4-10-29-15/h4-5,10-11,14H,6-9,12-13H2,1-3H3. The number of hydrogen-bond acceptors (Lipinski definition) is 6. The van der Waals surface area contributed by atoms with Crippen molar-refractivity contribution < 1.29 is 14.0 Å². The molecule has 160 valence electrons. The molecule has 1 saturated heterocycles. The molecule has 0 aromatic carbocycles. The van der Waals surface area contributed by atoms with Gasteiger partial charge in [-0.1, -0.05) is 32.5 Å². The van der Waals surface area contributed by atoms with E-state index in [-0.39, 0.29) is 28.7 Å². The van der Waals surface area contributed by atoms with Gasteiger partial charge >= 0.3 is 0 Å². The van der Waals surface area contributed by atoms with Crippen LogP contribution in [-0.4, -0.2) is 63.1 Å². The Labute approximate surface area is 179 Å². The Morgan fingerprint density at radius 3 is 2.50 bits per heavy atom. The van der Waals surface area contributed by atoms with Crippen molar-refractivity contribution in [3.05, 3.63) is 46.3 Å². The van der Waals surface area contributed by atoms with Gasteiger partial charge in [0.2, 0.25) is 5.91 Å². The number of amides is 2. The van der Waals surface area contributed by atoms with Crippen molar-refractivity contribution in [2.75, 3.05) is 31.9 Å². The summed E-state index contributed by atoms with van der Waals surface area (Å²) in [6.45, 7) is 8.34. The minimum absolute atomic E-state index is 0.0324. The van der Waals surface area contributed by atoms with Crippen LogP contribution in [0.1, 0.15) is 37.0 Å². The molecule has 0 bridgehead atoms. The van der Waals surface area contributed by atoms with Crippen molar-refractivity contribution in [3.63, 3.8) is 0 Å². The molecule has 1 atom stereocenters. The summed E-state index contributed by atoms with van der Waals surface area (Å²) in [6.07, 6.45) is 1.48. The highest BCUT2D eigenvalue weighted by atomic mass is 32.2. The minimum Gasteiger partial charge on any atom is -0.459 e. The third-order valence-electron chi connectivity index (χ3n) is 5.52. The summed E-state index contributed by atoms with van der Waals surface area (Å²) in [5, 5.41) is 0.685. The van der Waals surface area contributed by atoms with Crippen molar-refractivity contribution in [2.45, 2.75) is 37.9 Å². The molecule has 0 aliphatic carbocycles. The highest BCUT2D eigenvalue weighted by Crippen LogP contribution is 2.29. The van der Waals surface area contributed by atoms with Gasteiger partial charge in [0.05, 0.1) is 17.9 Å². The first-order valence-corrected chi connectivity index (χ1v) is 11.1. The van der Waals surface area contributed by atoms with Crippen LogP contribution >= 0.6 is 11.8 Å². The minimum atomic E-state index is -0.269. The van der Waals surface area contributed by atoms with Gasteiger partial charge in [-0.3, -0.25) is 19.0 Å². The monoisotopic (exact) mass is 430 g/mol. The first-order valence-electron chi connectivity index (χ1n) is 10.1. The molecular formula is C21H26N4O4S. The lowest BCUT2D eigenvalue weighted by atomic mass is 9.92. The van der Waals surface area contributed by atoms with Crippen molar-refractivity contribution in [3.8, 4) is 0 Å². The fraction of sp³-hybridized carbons (Fsp3) is 0.524. The van der Waals surface area contributed by atoms with Crippen LogP contribution in [0.25, 0.3) is 0 Å². The molecule has 4 heterocycles. The van der Waals surface area contributed by atoms with Crippen LogP contribution in [0.2, 0.25) is 0 Å². The van der Waals surface area contributed by atoms with E-state index in [4.69, 9.17) is 4.42 Å². The number of nitrogens with zero attached hydrogens (tertiary/aromatic N) is 4. The fourth-order valence-electron chi connectivity index (χ4n) is 3.69. The first kappa shape index (κ1) is 20.7. The van der Waals surface area contributed by atoms with Crippen LogP contribution in [0, 0.1) is 5.92 Å². The summed E-state index contributed by atoms with van der Waals surface area (Å²) in [7, 11) is 0. The van der Waals surface area contributed by atoms with Gasteiger partial charge in [-0.25, -0.2) is 4.98 Å². The van der Waals surface area contributed by atoms with Gasteiger partial charge in [-0.15, -0.1) is 0 Å². The second kappa shape index (κ2) is 7.94. The molecule has 4 rings (SSSR count). The van der Waals surface area contributed by atoms with Crippen molar-refractivity contribution in [1.82, 2.24) is 19.4 Å². The van der Waals surface area contributed by atoms with Crippen molar-refractivity contribution >= 4 is 23.6 Å². The lowest BCUT2D eigenvalue weighted by Crippen LogP contribution is -2.53. The number of carbonyl (C=O) groups excluding carboxylic acids is 2. The molecule has 2 aromatic rings. The van der Waals surface area contributed by atoms with Gasteiger partial charge in [0, 0.05) is 50.0 Å². The Morgan fingerprint density at radius 1 is 1.17 bits per heavy atom. The summed E-state index contributed by atoms with van der Waals surface area (Å²) in [5.41, 5.74) is 0.464. The number of rotatable bonds is 2. The average molecular weight is 431 g/mol. The summed E-state index contributed by atoms with van der Waals surface area (Å²) < 4.78 is 6.79. The molecule has 0 spiro atoms. The predicted octanol–water partition coefficient (Wildman–Crippen LogP) is 1.84. The van der Waals surface area contributed by atoms with E-state index in [1.54, 1.807) is 32.6 Å². The molecule has 0 radical (unpaired) electrons. The zero-order valence-corrected chi connectivity index (χ0v) is 18.3. The molecule has 0 N–H and O–H groups in total. The van der Waals surface area contributed by atoms with E-state index in [9.17, 15) is 14.4 Å². The number of hydrogen-bond donors (Lipinski definition) is 0. The molecule has 9 heteroatoms. The number of furan rings is 1. The Balaban J connectivity index is 1.40. The highest BCUT2D eigenvalue weighted by Gasteiger charge is 2.33. The molecule has 2 amide bonds. The Morgan fingerprint density at radius 2 is 1.87 bits per heavy atom. The summed E-state index contributed by atoms with van der Waals surface area (Å²) in [4.78, 5) is 46.2.